The van der Waals surface area contributed by atoms with Crippen LogP contribution in [0, 0.1) is 5.82 Å². The van der Waals surface area contributed by atoms with E-state index in [2.05, 4.69) is 17.2 Å². The van der Waals surface area contributed by atoms with Gasteiger partial charge in [-0.1, -0.05) is 30.3 Å². The first-order valence-electron chi connectivity index (χ1n) is 7.77. The number of hydrogen-bond acceptors (Lipinski definition) is 3. The largest absolute Gasteiger partial charge is 0.349 e. The summed E-state index contributed by atoms with van der Waals surface area (Å²) in [6, 6.07) is 13.2. The van der Waals surface area contributed by atoms with Crippen molar-refractivity contribution < 1.29 is 14.0 Å². The molecule has 0 bridgehead atoms. The molecule has 0 atom stereocenters. The Balaban J connectivity index is 1.91. The van der Waals surface area contributed by atoms with E-state index in [1.54, 1.807) is 48.5 Å². The molecule has 25 heavy (non-hydrogen) atoms. The molecule has 2 amide bonds. The van der Waals surface area contributed by atoms with Crippen LogP contribution >= 0.6 is 11.8 Å². The Morgan fingerprint density at radius 2 is 1.84 bits per heavy atom. The maximum atomic E-state index is 13.5. The summed E-state index contributed by atoms with van der Waals surface area (Å²) in [6.07, 6.45) is 1.79. The third-order valence-corrected chi connectivity index (χ3v) is 4.33. The number of anilines is 1. The SMILES string of the molecule is C=CCNC(=O)c1ccccc1NC(=O)CCSc1ccccc1F. The predicted molar refractivity (Wildman–Crippen MR) is 99.3 cm³/mol. The van der Waals surface area contributed by atoms with Crippen LogP contribution in [-0.2, 0) is 4.79 Å². The van der Waals surface area contributed by atoms with E-state index in [1.165, 1.54) is 17.8 Å². The van der Waals surface area contributed by atoms with Gasteiger partial charge in [-0.15, -0.1) is 18.3 Å². The number of nitrogens with one attached hydrogen (secondary N) is 2. The monoisotopic (exact) mass is 358 g/mol. The van der Waals surface area contributed by atoms with Gasteiger partial charge in [0, 0.05) is 23.6 Å². The number of thioether (sulfide) groups is 1. The predicted octanol–water partition coefficient (Wildman–Crippen LogP) is 3.86. The van der Waals surface area contributed by atoms with Crippen LogP contribution in [0.4, 0.5) is 10.1 Å². The molecule has 0 aliphatic rings. The molecule has 0 unspecified atom stereocenters. The zero-order chi connectivity index (χ0) is 18.1. The summed E-state index contributed by atoms with van der Waals surface area (Å²) < 4.78 is 13.5. The van der Waals surface area contributed by atoms with Gasteiger partial charge < -0.3 is 10.6 Å². The fourth-order valence-electron chi connectivity index (χ4n) is 2.08. The van der Waals surface area contributed by atoms with Gasteiger partial charge in [-0.2, -0.15) is 0 Å². The van der Waals surface area contributed by atoms with Crippen LogP contribution in [0.3, 0.4) is 0 Å². The quantitative estimate of drug-likeness (QED) is 0.556. The smallest absolute Gasteiger partial charge is 0.253 e. The highest BCUT2D eigenvalue weighted by atomic mass is 32.2. The average molecular weight is 358 g/mol. The first kappa shape index (κ1) is 18.7. The molecule has 0 saturated carbocycles. The highest BCUT2D eigenvalue weighted by molar-refractivity contribution is 7.99. The Labute approximate surface area is 150 Å². The number of halogens is 1. The minimum atomic E-state index is -0.294. The number of amides is 2. The molecule has 0 saturated heterocycles. The lowest BCUT2D eigenvalue weighted by Crippen LogP contribution is -2.25. The van der Waals surface area contributed by atoms with Gasteiger partial charge in [0.25, 0.3) is 5.91 Å². The molecule has 130 valence electrons. The number of para-hydroxylation sites is 1. The van der Waals surface area contributed by atoms with Gasteiger partial charge in [-0.25, -0.2) is 4.39 Å². The second-order valence-corrected chi connectivity index (χ2v) is 6.26. The van der Waals surface area contributed by atoms with E-state index in [4.69, 9.17) is 0 Å². The second-order valence-electron chi connectivity index (χ2n) is 5.12. The number of benzene rings is 2. The van der Waals surface area contributed by atoms with Crippen molar-refractivity contribution >= 4 is 29.3 Å². The fraction of sp³-hybridized carbons (Fsp3) is 0.158. The van der Waals surface area contributed by atoms with E-state index in [0.717, 1.165) is 0 Å². The van der Waals surface area contributed by atoms with Crippen LogP contribution in [0.1, 0.15) is 16.8 Å². The van der Waals surface area contributed by atoms with E-state index in [1.807, 2.05) is 0 Å². The molecule has 0 aliphatic heterocycles. The number of carbonyl (C=O) groups excluding carboxylic acids is 2. The van der Waals surface area contributed by atoms with Gasteiger partial charge >= 0.3 is 0 Å². The maximum Gasteiger partial charge on any atom is 0.253 e. The summed E-state index contributed by atoms with van der Waals surface area (Å²) in [5.41, 5.74) is 0.837. The zero-order valence-corrected chi connectivity index (χ0v) is 14.4. The van der Waals surface area contributed by atoms with Gasteiger partial charge in [0.1, 0.15) is 5.82 Å². The number of carbonyl (C=O) groups is 2. The summed E-state index contributed by atoms with van der Waals surface area (Å²) in [5, 5.41) is 5.42. The van der Waals surface area contributed by atoms with Crippen molar-refractivity contribution in [2.75, 3.05) is 17.6 Å². The van der Waals surface area contributed by atoms with Crippen molar-refractivity contribution in [3.8, 4) is 0 Å². The number of rotatable bonds is 8. The van der Waals surface area contributed by atoms with Crippen LogP contribution in [0.2, 0.25) is 0 Å². The maximum absolute atomic E-state index is 13.5. The molecule has 4 nitrogen and oxygen atoms in total. The van der Waals surface area contributed by atoms with Gasteiger partial charge in [0.05, 0.1) is 11.3 Å². The Hall–Kier alpha value is -2.60. The standard InChI is InChI=1S/C19H19FN2O2S/c1-2-12-21-19(24)14-7-3-5-9-16(14)22-18(23)11-13-25-17-10-6-4-8-15(17)20/h2-10H,1,11-13H2,(H,21,24)(H,22,23). The van der Waals surface area contributed by atoms with Crippen LogP contribution in [0.15, 0.2) is 66.1 Å². The molecule has 2 N–H and O–H groups in total. The Bertz CT molecular complexity index is 765. The van der Waals surface area contributed by atoms with E-state index < -0.39 is 0 Å². The van der Waals surface area contributed by atoms with Crippen LogP contribution in [0.25, 0.3) is 0 Å². The third kappa shape index (κ3) is 5.76. The average Bonchev–Trinajstić information content (AvgIpc) is 2.62. The van der Waals surface area contributed by atoms with E-state index in [-0.39, 0.29) is 24.1 Å². The van der Waals surface area contributed by atoms with E-state index in [9.17, 15) is 14.0 Å². The van der Waals surface area contributed by atoms with Crippen molar-refractivity contribution in [2.24, 2.45) is 0 Å². The Morgan fingerprint density at radius 1 is 1.12 bits per heavy atom. The second kappa shape index (κ2) is 9.64. The normalized spacial score (nSPS) is 10.1. The molecule has 2 rings (SSSR count). The van der Waals surface area contributed by atoms with Crippen LogP contribution in [0.5, 0.6) is 0 Å². The Kier molecular flexibility index (Phi) is 7.22. The number of hydrogen-bond donors (Lipinski definition) is 2. The molecule has 2 aromatic rings. The molecule has 2 aromatic carbocycles. The lowest BCUT2D eigenvalue weighted by atomic mass is 10.1. The highest BCUT2D eigenvalue weighted by Gasteiger charge is 2.12. The first-order chi connectivity index (χ1) is 12.1. The van der Waals surface area contributed by atoms with E-state index >= 15 is 0 Å². The molecule has 0 spiro atoms. The molecule has 0 radical (unpaired) electrons. The molecular weight excluding hydrogens is 339 g/mol. The third-order valence-electron chi connectivity index (χ3n) is 3.28. The van der Waals surface area contributed by atoms with Crippen LogP contribution in [-0.4, -0.2) is 24.1 Å². The van der Waals surface area contributed by atoms with Gasteiger partial charge in [0.2, 0.25) is 5.91 Å². The topological polar surface area (TPSA) is 58.2 Å². The minimum Gasteiger partial charge on any atom is -0.349 e. The van der Waals surface area contributed by atoms with Crippen molar-refractivity contribution in [1.29, 1.82) is 0 Å². The van der Waals surface area contributed by atoms with Gasteiger partial charge in [-0.05, 0) is 24.3 Å². The molecule has 6 heteroatoms. The summed E-state index contributed by atoms with van der Waals surface area (Å²) >= 11 is 1.28. The lowest BCUT2D eigenvalue weighted by Gasteiger charge is -2.11. The summed E-state index contributed by atoms with van der Waals surface area (Å²) in [6.45, 7) is 3.90. The van der Waals surface area contributed by atoms with Gasteiger partial charge in [-0.3, -0.25) is 9.59 Å². The van der Waals surface area contributed by atoms with Crippen molar-refractivity contribution in [3.05, 3.63) is 72.6 Å². The van der Waals surface area contributed by atoms with Crippen LogP contribution < -0.4 is 10.6 Å². The lowest BCUT2D eigenvalue weighted by molar-refractivity contribution is -0.115. The fourth-order valence-corrected chi connectivity index (χ4v) is 2.97. The van der Waals surface area contributed by atoms with Crippen molar-refractivity contribution in [2.45, 2.75) is 11.3 Å². The summed E-state index contributed by atoms with van der Waals surface area (Å²) in [4.78, 5) is 24.7. The summed E-state index contributed by atoms with van der Waals surface area (Å²) in [5.74, 6) is -0.362. The highest BCUT2D eigenvalue weighted by Crippen LogP contribution is 2.22. The first-order valence-corrected chi connectivity index (χ1v) is 8.75. The summed E-state index contributed by atoms with van der Waals surface area (Å²) in [7, 11) is 0. The van der Waals surface area contributed by atoms with Crippen molar-refractivity contribution in [1.82, 2.24) is 5.32 Å². The molecule has 0 aliphatic carbocycles. The minimum absolute atomic E-state index is 0.210. The Morgan fingerprint density at radius 3 is 2.60 bits per heavy atom. The molecule has 0 fully saturated rings. The molecule has 0 heterocycles. The van der Waals surface area contributed by atoms with Gasteiger partial charge in [0.15, 0.2) is 0 Å². The zero-order valence-electron chi connectivity index (χ0n) is 13.6. The van der Waals surface area contributed by atoms with E-state index in [0.29, 0.717) is 28.4 Å². The van der Waals surface area contributed by atoms with Crippen molar-refractivity contribution in [3.63, 3.8) is 0 Å². The molecule has 0 aromatic heterocycles. The molecular formula is C19H19FN2O2S.